The molecular weight excluding hydrogens is 498 g/mol. The Labute approximate surface area is 223 Å². The monoisotopic (exact) mass is 525 g/mol. The van der Waals surface area contributed by atoms with E-state index in [0.717, 1.165) is 21.7 Å². The standard InChI is InChI=1S/C28H27N7O4/c1-4-22(39-3)23-20(14-31-24(23)26(29)35-15-32-16(2)33-35)25(36)28(38)34-13-11-17-18(21-10-5-6-12-30-21)8-7-9-19(17)27(34)37/h4-10,12,14-15,27,31,37H,1,11,13,29H2,2-3H3/b23-22+,26-24-. The van der Waals surface area contributed by atoms with Gasteiger partial charge in [-0.15, -0.1) is 0 Å². The molecule has 4 aromatic rings. The van der Waals surface area contributed by atoms with Crippen molar-refractivity contribution in [3.05, 3.63) is 101 Å². The summed E-state index contributed by atoms with van der Waals surface area (Å²) in [5.74, 6) is -0.829. The van der Waals surface area contributed by atoms with Crippen LogP contribution in [0.1, 0.15) is 33.5 Å². The van der Waals surface area contributed by atoms with E-state index < -0.39 is 17.9 Å². The van der Waals surface area contributed by atoms with E-state index in [-0.39, 0.29) is 28.9 Å². The molecule has 5 rings (SSSR count). The summed E-state index contributed by atoms with van der Waals surface area (Å²) >= 11 is 0. The number of carbonyl (C=O) groups is 2. The highest BCUT2D eigenvalue weighted by Crippen LogP contribution is 2.34. The fraction of sp³-hybridized carbons (Fsp3) is 0.179. The molecule has 4 heterocycles. The number of aryl methyl sites for hydroxylation is 1. The number of amides is 1. The number of Topliss-reactive ketones (excluding diaryl/α,β-unsaturated/α-hetero) is 1. The van der Waals surface area contributed by atoms with E-state index in [1.807, 2.05) is 24.3 Å². The first-order chi connectivity index (χ1) is 18.8. The van der Waals surface area contributed by atoms with E-state index in [1.54, 1.807) is 25.3 Å². The van der Waals surface area contributed by atoms with Crippen molar-refractivity contribution in [1.29, 1.82) is 0 Å². The number of carbonyl (C=O) groups excluding carboxylic acids is 2. The largest absolute Gasteiger partial charge is 0.496 e. The highest BCUT2D eigenvalue weighted by atomic mass is 16.5. The number of aliphatic hydroxyl groups is 1. The van der Waals surface area contributed by atoms with Crippen molar-refractivity contribution in [3.63, 3.8) is 0 Å². The Hall–Kier alpha value is -5.03. The van der Waals surface area contributed by atoms with Gasteiger partial charge >= 0.3 is 0 Å². The number of hydrogen-bond donors (Lipinski definition) is 3. The highest BCUT2D eigenvalue weighted by molar-refractivity contribution is 6.42. The third-order valence-corrected chi connectivity index (χ3v) is 6.67. The summed E-state index contributed by atoms with van der Waals surface area (Å²) < 4.78 is 6.80. The predicted molar refractivity (Wildman–Crippen MR) is 143 cm³/mol. The topological polar surface area (TPSA) is 152 Å². The van der Waals surface area contributed by atoms with Gasteiger partial charge in [0.15, 0.2) is 12.0 Å². The summed E-state index contributed by atoms with van der Waals surface area (Å²) in [6.45, 7) is 5.61. The molecule has 1 aliphatic rings. The fourth-order valence-electron chi connectivity index (χ4n) is 4.79. The molecule has 0 saturated carbocycles. The number of ketones is 1. The minimum atomic E-state index is -1.31. The molecule has 0 spiro atoms. The Kier molecular flexibility index (Phi) is 6.82. The lowest BCUT2D eigenvalue weighted by molar-refractivity contribution is -0.137. The van der Waals surface area contributed by atoms with Crippen LogP contribution in [0.2, 0.25) is 0 Å². The molecule has 11 nitrogen and oxygen atoms in total. The number of rotatable bonds is 6. The van der Waals surface area contributed by atoms with Crippen molar-refractivity contribution in [2.45, 2.75) is 19.6 Å². The van der Waals surface area contributed by atoms with Gasteiger partial charge in [-0.05, 0) is 37.1 Å². The minimum Gasteiger partial charge on any atom is -0.496 e. The Bertz CT molecular complexity index is 1700. The number of pyridine rings is 1. The van der Waals surface area contributed by atoms with Crippen LogP contribution in [0.3, 0.4) is 0 Å². The SMILES string of the molecule is C=C/C(OC)=c1/c(C(=O)C(=O)N2CCc3c(-c4ccccn4)cccc3C2O)c[nH]/c1=C(/N)n1cnc(C)n1. The molecule has 1 atom stereocenters. The first kappa shape index (κ1) is 25.6. The van der Waals surface area contributed by atoms with Gasteiger partial charge in [-0.25, -0.2) is 9.67 Å². The van der Waals surface area contributed by atoms with Gasteiger partial charge in [0.1, 0.15) is 17.9 Å². The predicted octanol–water partition coefficient (Wildman–Crippen LogP) is 0.748. The van der Waals surface area contributed by atoms with Gasteiger partial charge < -0.3 is 25.5 Å². The van der Waals surface area contributed by atoms with Gasteiger partial charge in [0.25, 0.3) is 11.7 Å². The number of nitrogens with zero attached hydrogens (tertiary/aromatic N) is 5. The number of H-pyrrole nitrogens is 1. The number of benzene rings is 1. The van der Waals surface area contributed by atoms with Crippen molar-refractivity contribution in [2.24, 2.45) is 5.73 Å². The number of fused-ring (bicyclic) bond motifs is 1. The second kappa shape index (κ2) is 10.4. The van der Waals surface area contributed by atoms with Crippen LogP contribution in [0, 0.1) is 6.92 Å². The lowest BCUT2D eigenvalue weighted by atomic mass is 9.91. The molecule has 1 aliphatic heterocycles. The Morgan fingerprint density at radius 1 is 1.23 bits per heavy atom. The third-order valence-electron chi connectivity index (χ3n) is 6.67. The van der Waals surface area contributed by atoms with Gasteiger partial charge in [-0.3, -0.25) is 14.6 Å². The number of aromatic nitrogens is 5. The summed E-state index contributed by atoms with van der Waals surface area (Å²) in [6, 6.07) is 11.1. The Morgan fingerprint density at radius 3 is 2.72 bits per heavy atom. The van der Waals surface area contributed by atoms with E-state index in [9.17, 15) is 14.7 Å². The van der Waals surface area contributed by atoms with Crippen LogP contribution in [0.4, 0.5) is 0 Å². The number of aliphatic hydroxyl groups excluding tert-OH is 1. The van der Waals surface area contributed by atoms with Crippen molar-refractivity contribution >= 4 is 23.3 Å². The smallest absolute Gasteiger partial charge is 0.297 e. The molecule has 1 unspecified atom stereocenters. The van der Waals surface area contributed by atoms with E-state index in [0.29, 0.717) is 23.2 Å². The quantitative estimate of drug-likeness (QED) is 0.246. The number of aromatic amines is 1. The number of nitrogens with one attached hydrogen (secondary N) is 1. The molecular formula is C28H27N7O4. The molecule has 0 aliphatic carbocycles. The van der Waals surface area contributed by atoms with Crippen molar-refractivity contribution < 1.29 is 19.4 Å². The molecule has 0 fully saturated rings. The molecule has 198 valence electrons. The van der Waals surface area contributed by atoms with E-state index >= 15 is 0 Å². The number of ether oxygens (including phenoxy) is 1. The van der Waals surface area contributed by atoms with Gasteiger partial charge in [0, 0.05) is 30.1 Å². The molecule has 1 amide bonds. The van der Waals surface area contributed by atoms with Crippen LogP contribution in [-0.4, -0.2) is 60.1 Å². The first-order valence-corrected chi connectivity index (χ1v) is 12.2. The van der Waals surface area contributed by atoms with E-state index in [1.165, 1.54) is 30.4 Å². The molecule has 0 bridgehead atoms. The molecule has 39 heavy (non-hydrogen) atoms. The Balaban J connectivity index is 1.54. The van der Waals surface area contributed by atoms with Crippen LogP contribution in [-0.2, 0) is 16.0 Å². The van der Waals surface area contributed by atoms with E-state index in [4.69, 9.17) is 10.5 Å². The maximum atomic E-state index is 13.6. The number of hydrogen-bond acceptors (Lipinski definition) is 8. The summed E-state index contributed by atoms with van der Waals surface area (Å²) in [4.78, 5) is 39.8. The number of methoxy groups -OCH3 is 1. The summed E-state index contributed by atoms with van der Waals surface area (Å²) in [5, 5.41) is 16.0. The van der Waals surface area contributed by atoms with Crippen LogP contribution in [0.25, 0.3) is 22.8 Å². The van der Waals surface area contributed by atoms with Crippen LogP contribution >= 0.6 is 0 Å². The van der Waals surface area contributed by atoms with Gasteiger partial charge in [0.05, 0.1) is 28.9 Å². The second-order valence-electron chi connectivity index (χ2n) is 8.89. The van der Waals surface area contributed by atoms with Crippen LogP contribution in [0.5, 0.6) is 0 Å². The fourth-order valence-corrected chi connectivity index (χ4v) is 4.79. The normalized spacial score (nSPS) is 16.3. The molecule has 11 heteroatoms. The number of nitrogens with two attached hydrogens (primary N) is 1. The maximum absolute atomic E-state index is 13.6. The van der Waals surface area contributed by atoms with Crippen molar-refractivity contribution in [2.75, 3.05) is 13.7 Å². The summed E-state index contributed by atoms with van der Waals surface area (Å²) in [5.41, 5.74) is 9.44. The first-order valence-electron chi connectivity index (χ1n) is 12.2. The summed E-state index contributed by atoms with van der Waals surface area (Å²) in [6.07, 6.45) is 5.07. The third kappa shape index (κ3) is 4.48. The van der Waals surface area contributed by atoms with Crippen molar-refractivity contribution in [1.82, 2.24) is 29.6 Å². The lowest BCUT2D eigenvalue weighted by Gasteiger charge is -2.34. The summed E-state index contributed by atoms with van der Waals surface area (Å²) in [7, 11) is 1.42. The minimum absolute atomic E-state index is 0.0202. The average Bonchev–Trinajstić information content (AvgIpc) is 3.60. The van der Waals surface area contributed by atoms with Crippen LogP contribution in [0.15, 0.2) is 67.8 Å². The Morgan fingerprint density at radius 2 is 2.05 bits per heavy atom. The van der Waals surface area contributed by atoms with Gasteiger partial charge in [-0.1, -0.05) is 30.8 Å². The molecule has 3 aromatic heterocycles. The zero-order valence-corrected chi connectivity index (χ0v) is 21.5. The average molecular weight is 526 g/mol. The van der Waals surface area contributed by atoms with E-state index in [2.05, 4.69) is 26.6 Å². The second-order valence-corrected chi connectivity index (χ2v) is 8.89. The molecule has 0 radical (unpaired) electrons. The zero-order valence-electron chi connectivity index (χ0n) is 21.5. The van der Waals surface area contributed by atoms with Crippen molar-refractivity contribution in [3.8, 4) is 11.3 Å². The van der Waals surface area contributed by atoms with Gasteiger partial charge in [0.2, 0.25) is 0 Å². The molecule has 0 saturated heterocycles. The van der Waals surface area contributed by atoms with Gasteiger partial charge in [-0.2, -0.15) is 5.10 Å². The molecule has 4 N–H and O–H groups in total. The van der Waals surface area contributed by atoms with Crippen LogP contribution < -0.4 is 16.3 Å². The zero-order chi connectivity index (χ0) is 27.7. The maximum Gasteiger partial charge on any atom is 0.297 e. The lowest BCUT2D eigenvalue weighted by Crippen LogP contribution is -2.45. The highest BCUT2D eigenvalue weighted by Gasteiger charge is 2.35. The molecule has 1 aromatic carbocycles.